The molecule has 0 saturated heterocycles. The molecule has 1 unspecified atom stereocenters. The molecule has 1 saturated carbocycles. The van der Waals surface area contributed by atoms with Crippen molar-refractivity contribution in [3.8, 4) is 0 Å². The van der Waals surface area contributed by atoms with E-state index in [4.69, 9.17) is 15.0 Å². The van der Waals surface area contributed by atoms with Gasteiger partial charge >= 0.3 is 0 Å². The van der Waals surface area contributed by atoms with Gasteiger partial charge in [-0.05, 0) is 54.5 Å². The Kier molecular flexibility index (Phi) is 4.40. The summed E-state index contributed by atoms with van der Waals surface area (Å²) in [5.41, 5.74) is 3.67. The van der Waals surface area contributed by atoms with Gasteiger partial charge in [-0.2, -0.15) is 0 Å². The first-order chi connectivity index (χ1) is 13.8. The van der Waals surface area contributed by atoms with Crippen LogP contribution in [0.4, 0.5) is 5.82 Å². The average molecular weight is 368 g/mol. The number of para-hydroxylation sites is 1. The molecular formula is C24H24N4. The number of hydrogen-bond donors (Lipinski definition) is 1. The van der Waals surface area contributed by atoms with E-state index < -0.39 is 0 Å². The molecule has 0 amide bonds. The number of aromatic nitrogens is 2. The van der Waals surface area contributed by atoms with Crippen LogP contribution in [0.3, 0.4) is 0 Å². The summed E-state index contributed by atoms with van der Waals surface area (Å²) in [6.07, 6.45) is 6.63. The summed E-state index contributed by atoms with van der Waals surface area (Å²) in [5, 5.41) is 4.54. The minimum atomic E-state index is 0.326. The lowest BCUT2D eigenvalue weighted by molar-refractivity contribution is 0.709. The van der Waals surface area contributed by atoms with Crippen LogP contribution in [0.5, 0.6) is 0 Å². The zero-order valence-electron chi connectivity index (χ0n) is 16.1. The summed E-state index contributed by atoms with van der Waals surface area (Å²) in [6, 6.07) is 18.9. The van der Waals surface area contributed by atoms with Gasteiger partial charge in [-0.3, -0.25) is 4.99 Å². The molecule has 1 aliphatic heterocycles. The number of hydrogen-bond acceptors (Lipinski definition) is 4. The third-order valence-corrected chi connectivity index (χ3v) is 5.52. The molecule has 0 spiro atoms. The van der Waals surface area contributed by atoms with Crippen molar-refractivity contribution in [1.29, 1.82) is 0 Å². The van der Waals surface area contributed by atoms with Gasteiger partial charge in [0, 0.05) is 11.8 Å². The molecular weight excluding hydrogens is 344 g/mol. The fourth-order valence-electron chi connectivity index (χ4n) is 3.93. The maximum Gasteiger partial charge on any atom is 0.143 e. The summed E-state index contributed by atoms with van der Waals surface area (Å²) >= 11 is 0. The first-order valence-corrected chi connectivity index (χ1v) is 10.2. The van der Waals surface area contributed by atoms with Crippen molar-refractivity contribution in [3.05, 3.63) is 77.6 Å². The van der Waals surface area contributed by atoms with Crippen LogP contribution in [0.2, 0.25) is 0 Å². The number of benzene rings is 2. The van der Waals surface area contributed by atoms with Crippen molar-refractivity contribution in [3.63, 3.8) is 0 Å². The normalized spacial score (nSPS) is 18.8. The van der Waals surface area contributed by atoms with Crippen molar-refractivity contribution in [2.24, 2.45) is 10.9 Å². The van der Waals surface area contributed by atoms with Crippen LogP contribution in [0.25, 0.3) is 10.9 Å². The van der Waals surface area contributed by atoms with Crippen molar-refractivity contribution < 1.29 is 0 Å². The lowest BCUT2D eigenvalue weighted by atomic mass is 10.0. The Balaban J connectivity index is 1.49. The van der Waals surface area contributed by atoms with Gasteiger partial charge < -0.3 is 5.32 Å². The first-order valence-electron chi connectivity index (χ1n) is 10.2. The average Bonchev–Trinajstić information content (AvgIpc) is 3.49. The quantitative estimate of drug-likeness (QED) is 0.677. The topological polar surface area (TPSA) is 50.2 Å². The smallest absolute Gasteiger partial charge is 0.143 e. The van der Waals surface area contributed by atoms with E-state index in [9.17, 15) is 0 Å². The molecule has 1 atom stereocenters. The van der Waals surface area contributed by atoms with Crippen LogP contribution in [0.15, 0.2) is 71.2 Å². The molecule has 28 heavy (non-hydrogen) atoms. The molecule has 2 aliphatic rings. The van der Waals surface area contributed by atoms with E-state index in [1.54, 1.807) is 0 Å². The predicted octanol–water partition coefficient (Wildman–Crippen LogP) is 5.16. The van der Waals surface area contributed by atoms with Crippen molar-refractivity contribution >= 4 is 22.6 Å². The summed E-state index contributed by atoms with van der Waals surface area (Å²) in [6.45, 7) is 2.21. The lowest BCUT2D eigenvalue weighted by Crippen LogP contribution is -2.11. The van der Waals surface area contributed by atoms with Crippen molar-refractivity contribution in [2.45, 2.75) is 38.6 Å². The maximum absolute atomic E-state index is 4.92. The summed E-state index contributed by atoms with van der Waals surface area (Å²) in [5.74, 6) is 3.34. The highest BCUT2D eigenvalue weighted by Crippen LogP contribution is 2.41. The summed E-state index contributed by atoms with van der Waals surface area (Å²) in [4.78, 5) is 14.6. The minimum Gasteiger partial charge on any atom is -0.325 e. The molecule has 140 valence electrons. The highest BCUT2D eigenvalue weighted by atomic mass is 15.1. The van der Waals surface area contributed by atoms with Crippen LogP contribution in [-0.2, 0) is 6.42 Å². The second kappa shape index (κ2) is 7.19. The summed E-state index contributed by atoms with van der Waals surface area (Å²) in [7, 11) is 0. The van der Waals surface area contributed by atoms with Crippen LogP contribution < -0.4 is 5.32 Å². The molecule has 2 aromatic carbocycles. The van der Waals surface area contributed by atoms with Crippen molar-refractivity contribution in [2.75, 3.05) is 5.32 Å². The Labute approximate surface area is 165 Å². The van der Waals surface area contributed by atoms with Crippen LogP contribution in [-0.4, -0.2) is 21.8 Å². The van der Waals surface area contributed by atoms with E-state index >= 15 is 0 Å². The van der Waals surface area contributed by atoms with Gasteiger partial charge in [0.15, 0.2) is 0 Å². The Bertz CT molecular complexity index is 1060. The second-order valence-electron chi connectivity index (χ2n) is 7.65. The molecule has 5 rings (SSSR count). The monoisotopic (exact) mass is 368 g/mol. The number of fused-ring (bicyclic) bond motifs is 1. The molecule has 0 radical (unpaired) electrons. The van der Waals surface area contributed by atoms with Gasteiger partial charge in [-0.25, -0.2) is 9.97 Å². The molecule has 4 heteroatoms. The molecule has 4 nitrogen and oxygen atoms in total. The summed E-state index contributed by atoms with van der Waals surface area (Å²) < 4.78 is 0. The van der Waals surface area contributed by atoms with Crippen LogP contribution in [0.1, 0.15) is 37.6 Å². The zero-order valence-corrected chi connectivity index (χ0v) is 16.1. The Morgan fingerprint density at radius 1 is 0.964 bits per heavy atom. The van der Waals surface area contributed by atoms with E-state index in [2.05, 4.69) is 48.6 Å². The van der Waals surface area contributed by atoms with E-state index in [1.807, 2.05) is 24.3 Å². The standard InChI is InChI=1S/C24H24N4/c1-2-20-19(17-12-13-17)15-23(25-20)28-24-18-10-6-7-11-21(18)26-22(27-24)14-16-8-4-3-5-9-16/h3-11,15,17,20H,2,12-14H2,1H3,(H,25,26,27,28). The van der Waals surface area contributed by atoms with Gasteiger partial charge in [-0.1, -0.05) is 49.4 Å². The van der Waals surface area contributed by atoms with Crippen LogP contribution >= 0.6 is 0 Å². The zero-order chi connectivity index (χ0) is 18.9. The SMILES string of the molecule is CCC1N=C(Nc2nc(Cc3ccccc3)nc3ccccc23)C=C1C1CC1. The molecule has 1 fully saturated rings. The fraction of sp³-hybridized carbons (Fsp3) is 0.292. The predicted molar refractivity (Wildman–Crippen MR) is 115 cm³/mol. The molecule has 1 aromatic heterocycles. The van der Waals surface area contributed by atoms with Crippen molar-refractivity contribution in [1.82, 2.24) is 9.97 Å². The van der Waals surface area contributed by atoms with E-state index in [-0.39, 0.29) is 0 Å². The number of rotatable bonds is 5. The number of aliphatic imine (C=N–C) groups is 1. The Hall–Kier alpha value is -3.01. The second-order valence-corrected chi connectivity index (χ2v) is 7.65. The Morgan fingerprint density at radius 3 is 2.54 bits per heavy atom. The lowest BCUT2D eigenvalue weighted by Gasteiger charge is -2.10. The minimum absolute atomic E-state index is 0.326. The number of amidine groups is 1. The highest BCUT2D eigenvalue weighted by molar-refractivity contribution is 6.09. The molecule has 2 heterocycles. The van der Waals surface area contributed by atoms with E-state index in [0.29, 0.717) is 12.5 Å². The number of nitrogens with zero attached hydrogens (tertiary/aromatic N) is 3. The number of anilines is 1. The molecule has 0 bridgehead atoms. The van der Waals surface area contributed by atoms with Gasteiger partial charge in [0.2, 0.25) is 0 Å². The largest absolute Gasteiger partial charge is 0.325 e. The van der Waals surface area contributed by atoms with Gasteiger partial charge in [0.25, 0.3) is 0 Å². The van der Waals surface area contributed by atoms with Gasteiger partial charge in [-0.15, -0.1) is 0 Å². The molecule has 1 aliphatic carbocycles. The third kappa shape index (κ3) is 3.42. The molecule has 3 aromatic rings. The number of nitrogens with one attached hydrogen (secondary N) is 1. The third-order valence-electron chi connectivity index (χ3n) is 5.52. The maximum atomic E-state index is 4.92. The molecule has 1 N–H and O–H groups in total. The first kappa shape index (κ1) is 17.1. The van der Waals surface area contributed by atoms with Gasteiger partial charge in [0.05, 0.1) is 11.6 Å². The highest BCUT2D eigenvalue weighted by Gasteiger charge is 2.33. The Morgan fingerprint density at radius 2 is 1.75 bits per heavy atom. The van der Waals surface area contributed by atoms with Gasteiger partial charge in [0.1, 0.15) is 17.5 Å². The van der Waals surface area contributed by atoms with E-state index in [0.717, 1.165) is 40.7 Å². The van der Waals surface area contributed by atoms with Crippen LogP contribution in [0, 0.1) is 5.92 Å². The fourth-order valence-corrected chi connectivity index (χ4v) is 3.93. The van der Waals surface area contributed by atoms with E-state index in [1.165, 1.54) is 24.0 Å².